The first-order valence-corrected chi connectivity index (χ1v) is 6.88. The Bertz CT molecular complexity index is 560. The van der Waals surface area contributed by atoms with Gasteiger partial charge in [0.15, 0.2) is 0 Å². The third-order valence-electron chi connectivity index (χ3n) is 2.59. The Balaban J connectivity index is 2.27. The van der Waals surface area contributed by atoms with Crippen molar-refractivity contribution in [3.63, 3.8) is 0 Å². The van der Waals surface area contributed by atoms with Crippen LogP contribution in [0.3, 0.4) is 0 Å². The third kappa shape index (κ3) is 3.54. The average molecular weight is 321 g/mol. The molecule has 0 aliphatic heterocycles. The van der Waals surface area contributed by atoms with Crippen LogP contribution in [0.25, 0.3) is 0 Å². The molecule has 0 fully saturated rings. The summed E-state index contributed by atoms with van der Waals surface area (Å²) in [5.74, 6) is 0.696. The molecule has 2 aromatic rings. The van der Waals surface area contributed by atoms with Crippen LogP contribution in [0.4, 0.5) is 5.82 Å². The number of phenols is 1. The molecule has 98 valence electrons. The number of rotatable bonds is 4. The number of phenolic OH excluding ortho intramolecular Hbond substituents is 1. The molecule has 0 spiro atoms. The number of pyridine rings is 1. The number of aromatic hydroxyl groups is 1. The van der Waals surface area contributed by atoms with Gasteiger partial charge in [-0.25, -0.2) is 4.98 Å². The molecule has 0 aliphatic carbocycles. The zero-order chi connectivity index (χ0) is 13.7. The van der Waals surface area contributed by atoms with E-state index in [9.17, 15) is 9.90 Å². The fourth-order valence-electron chi connectivity index (χ4n) is 1.72. The predicted molar refractivity (Wildman–Crippen MR) is 77.3 cm³/mol. The fraction of sp³-hybridized carbons (Fsp3) is 0.143. The highest BCUT2D eigenvalue weighted by Crippen LogP contribution is 2.17. The largest absolute Gasteiger partial charge is 0.508 e. The van der Waals surface area contributed by atoms with E-state index in [0.29, 0.717) is 12.4 Å². The molecule has 1 aromatic carbocycles. The van der Waals surface area contributed by atoms with Gasteiger partial charge in [0.05, 0.1) is 11.9 Å². The summed E-state index contributed by atoms with van der Waals surface area (Å²) in [6.07, 6.45) is 1.65. The molecule has 1 heterocycles. The smallest absolute Gasteiger partial charge is 0.239 e. The first-order chi connectivity index (χ1) is 9.20. The molecule has 0 aliphatic rings. The molecule has 1 aromatic heterocycles. The third-order valence-corrected chi connectivity index (χ3v) is 3.07. The SMILES string of the molecule is O=C(CBr)N(Cc1cccc(O)c1)c1ccccn1. The van der Waals surface area contributed by atoms with E-state index in [1.807, 2.05) is 12.1 Å². The van der Waals surface area contributed by atoms with Gasteiger partial charge < -0.3 is 5.11 Å². The van der Waals surface area contributed by atoms with Crippen LogP contribution >= 0.6 is 15.9 Å². The van der Waals surface area contributed by atoms with E-state index in [1.165, 1.54) is 0 Å². The Kier molecular flexibility index (Phi) is 4.52. The van der Waals surface area contributed by atoms with Crippen LogP contribution in [0.1, 0.15) is 5.56 Å². The molecule has 1 amide bonds. The second-order valence-electron chi connectivity index (χ2n) is 3.97. The summed E-state index contributed by atoms with van der Waals surface area (Å²) < 4.78 is 0. The first kappa shape index (κ1) is 13.5. The van der Waals surface area contributed by atoms with E-state index in [4.69, 9.17) is 0 Å². The van der Waals surface area contributed by atoms with E-state index in [2.05, 4.69) is 20.9 Å². The molecular weight excluding hydrogens is 308 g/mol. The molecule has 4 nitrogen and oxygen atoms in total. The summed E-state index contributed by atoms with van der Waals surface area (Å²) in [7, 11) is 0. The minimum absolute atomic E-state index is 0.0814. The van der Waals surface area contributed by atoms with E-state index in [1.54, 1.807) is 41.4 Å². The van der Waals surface area contributed by atoms with Gasteiger partial charge >= 0.3 is 0 Å². The van der Waals surface area contributed by atoms with Crippen molar-refractivity contribution in [2.45, 2.75) is 6.54 Å². The maximum atomic E-state index is 12.0. The average Bonchev–Trinajstić information content (AvgIpc) is 2.45. The van der Waals surface area contributed by atoms with Crippen molar-refractivity contribution in [2.24, 2.45) is 0 Å². The highest BCUT2D eigenvalue weighted by atomic mass is 79.9. The lowest BCUT2D eigenvalue weighted by molar-refractivity contribution is -0.116. The summed E-state index contributed by atoms with van der Waals surface area (Å²) in [6, 6.07) is 12.3. The molecule has 19 heavy (non-hydrogen) atoms. The highest BCUT2D eigenvalue weighted by Gasteiger charge is 2.16. The van der Waals surface area contributed by atoms with Gasteiger partial charge in [-0.3, -0.25) is 9.69 Å². The topological polar surface area (TPSA) is 53.4 Å². The number of hydrogen-bond donors (Lipinski definition) is 1. The maximum Gasteiger partial charge on any atom is 0.239 e. The molecule has 1 N–H and O–H groups in total. The Labute approximate surface area is 119 Å². The first-order valence-electron chi connectivity index (χ1n) is 5.76. The van der Waals surface area contributed by atoms with Crippen LogP contribution in [0.15, 0.2) is 48.7 Å². The Morgan fingerprint density at radius 2 is 2.11 bits per heavy atom. The quantitative estimate of drug-likeness (QED) is 0.881. The van der Waals surface area contributed by atoms with Crippen LogP contribution < -0.4 is 4.90 Å². The number of hydrogen-bond acceptors (Lipinski definition) is 3. The van der Waals surface area contributed by atoms with E-state index in [-0.39, 0.29) is 17.0 Å². The Morgan fingerprint density at radius 3 is 2.74 bits per heavy atom. The maximum absolute atomic E-state index is 12.0. The number of nitrogens with zero attached hydrogens (tertiary/aromatic N) is 2. The summed E-state index contributed by atoms with van der Waals surface area (Å²) in [6.45, 7) is 0.371. The normalized spacial score (nSPS) is 10.2. The molecule has 5 heteroatoms. The predicted octanol–water partition coefficient (Wildman–Crippen LogP) is 2.72. The molecule has 0 radical (unpaired) electrons. The minimum Gasteiger partial charge on any atom is -0.508 e. The van der Waals surface area contributed by atoms with Crippen molar-refractivity contribution < 1.29 is 9.90 Å². The molecule has 0 bridgehead atoms. The summed E-state index contributed by atoms with van der Waals surface area (Å²) in [5, 5.41) is 9.69. The van der Waals surface area contributed by atoms with Gasteiger partial charge in [0.1, 0.15) is 11.6 Å². The lowest BCUT2D eigenvalue weighted by Gasteiger charge is -2.21. The molecule has 0 unspecified atom stereocenters. The van der Waals surface area contributed by atoms with E-state index < -0.39 is 0 Å². The number of carbonyl (C=O) groups excluding carboxylic acids is 1. The van der Waals surface area contributed by atoms with Crippen molar-refractivity contribution >= 4 is 27.7 Å². The van der Waals surface area contributed by atoms with E-state index in [0.717, 1.165) is 5.56 Å². The second-order valence-corrected chi connectivity index (χ2v) is 4.53. The molecular formula is C14H13BrN2O2. The van der Waals surface area contributed by atoms with Crippen molar-refractivity contribution in [1.82, 2.24) is 4.98 Å². The Hall–Kier alpha value is -1.88. The van der Waals surface area contributed by atoms with Gasteiger partial charge in [-0.15, -0.1) is 0 Å². The number of carbonyl (C=O) groups is 1. The highest BCUT2D eigenvalue weighted by molar-refractivity contribution is 9.09. The van der Waals surface area contributed by atoms with Gasteiger partial charge in [0.2, 0.25) is 5.91 Å². The zero-order valence-electron chi connectivity index (χ0n) is 10.2. The lowest BCUT2D eigenvalue weighted by Crippen LogP contribution is -2.31. The number of alkyl halides is 1. The Morgan fingerprint density at radius 1 is 1.26 bits per heavy atom. The van der Waals surface area contributed by atoms with Gasteiger partial charge in [-0.05, 0) is 29.8 Å². The number of benzene rings is 1. The molecule has 0 saturated heterocycles. The molecule has 0 atom stereocenters. The molecule has 2 rings (SSSR count). The monoisotopic (exact) mass is 320 g/mol. The lowest BCUT2D eigenvalue weighted by atomic mass is 10.2. The number of aromatic nitrogens is 1. The standard InChI is InChI=1S/C14H13BrN2O2/c15-9-14(19)17(13-6-1-2-7-16-13)10-11-4-3-5-12(18)8-11/h1-8,18H,9-10H2. The van der Waals surface area contributed by atoms with Gasteiger partial charge in [-0.1, -0.05) is 34.1 Å². The van der Waals surface area contributed by atoms with Crippen molar-refractivity contribution in [2.75, 3.05) is 10.2 Å². The second kappa shape index (κ2) is 6.33. The number of halogens is 1. The fourth-order valence-corrected chi connectivity index (χ4v) is 2.02. The van der Waals surface area contributed by atoms with Crippen molar-refractivity contribution in [3.05, 3.63) is 54.2 Å². The van der Waals surface area contributed by atoms with E-state index >= 15 is 0 Å². The van der Waals surface area contributed by atoms with Crippen LogP contribution in [-0.2, 0) is 11.3 Å². The molecule has 0 saturated carbocycles. The minimum atomic E-state index is -0.0814. The summed E-state index contributed by atoms with van der Waals surface area (Å²) in [4.78, 5) is 17.7. The van der Waals surface area contributed by atoms with Gasteiger partial charge in [0, 0.05) is 6.20 Å². The summed E-state index contributed by atoms with van der Waals surface area (Å²) in [5.41, 5.74) is 0.847. The van der Waals surface area contributed by atoms with Crippen LogP contribution in [0.2, 0.25) is 0 Å². The van der Waals surface area contributed by atoms with Crippen LogP contribution in [-0.4, -0.2) is 21.3 Å². The van der Waals surface area contributed by atoms with Crippen LogP contribution in [0.5, 0.6) is 5.75 Å². The van der Waals surface area contributed by atoms with Crippen molar-refractivity contribution in [3.8, 4) is 5.75 Å². The van der Waals surface area contributed by atoms with Crippen molar-refractivity contribution in [1.29, 1.82) is 0 Å². The number of amides is 1. The zero-order valence-corrected chi connectivity index (χ0v) is 11.7. The van der Waals surface area contributed by atoms with Crippen LogP contribution in [0, 0.1) is 0 Å². The van der Waals surface area contributed by atoms with Gasteiger partial charge in [-0.2, -0.15) is 0 Å². The van der Waals surface area contributed by atoms with Gasteiger partial charge in [0.25, 0.3) is 0 Å². The number of anilines is 1. The summed E-state index contributed by atoms with van der Waals surface area (Å²) >= 11 is 3.17.